The van der Waals surface area contributed by atoms with Crippen LogP contribution in [0.5, 0.6) is 0 Å². The predicted octanol–water partition coefficient (Wildman–Crippen LogP) is 4.30. The maximum Gasteiger partial charge on any atom is 0.287 e. The Balaban J connectivity index is 1.45. The van der Waals surface area contributed by atoms with Gasteiger partial charge in [-0.3, -0.25) is 14.9 Å². The zero-order valence-corrected chi connectivity index (χ0v) is 16.6. The number of pyridine rings is 1. The molecule has 30 heavy (non-hydrogen) atoms. The molecule has 0 saturated carbocycles. The third-order valence-electron chi connectivity index (χ3n) is 5.26. The molecule has 0 fully saturated rings. The first-order valence-electron chi connectivity index (χ1n) is 9.74. The van der Waals surface area contributed by atoms with E-state index in [0.29, 0.717) is 5.52 Å². The number of fused-ring (bicyclic) bond motifs is 2. The largest absolute Gasteiger partial charge is 0.343 e. The molecule has 2 aromatic carbocycles. The first kappa shape index (κ1) is 18.1. The zero-order chi connectivity index (χ0) is 20.7. The quantitative estimate of drug-likeness (QED) is 0.422. The molecule has 3 aromatic heterocycles. The summed E-state index contributed by atoms with van der Waals surface area (Å²) < 4.78 is 0. The average molecular weight is 396 g/mol. The number of carbonyl (C=O) groups is 1. The van der Waals surface area contributed by atoms with Crippen LogP contribution < -0.4 is 5.32 Å². The molecular weight excluding hydrogens is 376 g/mol. The Kier molecular flexibility index (Phi) is 4.28. The van der Waals surface area contributed by atoms with Gasteiger partial charge in [0.25, 0.3) is 5.91 Å². The van der Waals surface area contributed by atoms with Gasteiger partial charge in [-0.15, -0.1) is 0 Å². The second kappa shape index (κ2) is 7.11. The number of carbonyl (C=O) groups excluding carboxylic acids is 1. The molecule has 3 heterocycles. The minimum atomic E-state index is -0.240. The van der Waals surface area contributed by atoms with Gasteiger partial charge in [0.05, 0.1) is 22.6 Å². The standard InChI is InChI=1S/C23H20N6O/c1-13-3-5-15(6-4-13)14(2)25-23(30)22-26-19-11-17-18(12-20(19)27-22)28-29-21(17)16-7-9-24-10-8-16/h3-12,14H,1-2H3,(H,25,30)(H,26,27)(H,28,29)/t14-/m1/s1. The van der Waals surface area contributed by atoms with Crippen molar-refractivity contribution in [2.75, 3.05) is 0 Å². The number of nitrogens with zero attached hydrogens (tertiary/aromatic N) is 3. The van der Waals surface area contributed by atoms with Crippen LogP contribution in [-0.4, -0.2) is 31.1 Å². The SMILES string of the molecule is Cc1ccc([C@@H](C)NC(=O)c2nc3cc4c(-c5ccncc5)n[nH]c4cc3[nH]2)cc1. The number of hydrogen-bond acceptors (Lipinski definition) is 4. The highest BCUT2D eigenvalue weighted by Crippen LogP contribution is 2.29. The van der Waals surface area contributed by atoms with E-state index in [0.717, 1.165) is 33.2 Å². The lowest BCUT2D eigenvalue weighted by atomic mass is 10.1. The van der Waals surface area contributed by atoms with Crippen LogP contribution >= 0.6 is 0 Å². The third kappa shape index (κ3) is 3.20. The average Bonchev–Trinajstić information content (AvgIpc) is 3.36. The van der Waals surface area contributed by atoms with Gasteiger partial charge in [-0.05, 0) is 43.7 Å². The molecule has 0 bridgehead atoms. The fourth-order valence-corrected chi connectivity index (χ4v) is 3.56. The van der Waals surface area contributed by atoms with Gasteiger partial charge in [0.2, 0.25) is 0 Å². The van der Waals surface area contributed by atoms with Crippen molar-refractivity contribution in [2.45, 2.75) is 19.9 Å². The molecular formula is C23H20N6O. The zero-order valence-electron chi connectivity index (χ0n) is 16.6. The van der Waals surface area contributed by atoms with Crippen molar-refractivity contribution in [3.63, 3.8) is 0 Å². The van der Waals surface area contributed by atoms with E-state index in [4.69, 9.17) is 0 Å². The lowest BCUT2D eigenvalue weighted by Gasteiger charge is -2.13. The second-order valence-electron chi connectivity index (χ2n) is 7.41. The van der Waals surface area contributed by atoms with Gasteiger partial charge in [-0.1, -0.05) is 29.8 Å². The first-order valence-corrected chi connectivity index (χ1v) is 9.74. The lowest BCUT2D eigenvalue weighted by Crippen LogP contribution is -2.27. The molecule has 0 aliphatic heterocycles. The molecule has 0 unspecified atom stereocenters. The molecule has 0 saturated heterocycles. The first-order chi connectivity index (χ1) is 14.6. The van der Waals surface area contributed by atoms with Gasteiger partial charge < -0.3 is 10.3 Å². The summed E-state index contributed by atoms with van der Waals surface area (Å²) in [6, 6.07) is 15.7. The summed E-state index contributed by atoms with van der Waals surface area (Å²) in [6.45, 7) is 4.00. The highest BCUT2D eigenvalue weighted by molar-refractivity contribution is 6.02. The topological polar surface area (TPSA) is 99.3 Å². The molecule has 1 amide bonds. The Morgan fingerprint density at radius 1 is 1.03 bits per heavy atom. The van der Waals surface area contributed by atoms with Crippen molar-refractivity contribution in [2.24, 2.45) is 0 Å². The smallest absolute Gasteiger partial charge is 0.287 e. The Labute approximate surface area is 172 Å². The van der Waals surface area contributed by atoms with Crippen LogP contribution in [0.3, 0.4) is 0 Å². The van der Waals surface area contributed by atoms with Crippen LogP contribution in [0, 0.1) is 6.92 Å². The molecule has 7 heteroatoms. The van der Waals surface area contributed by atoms with Crippen LogP contribution in [0.4, 0.5) is 0 Å². The monoisotopic (exact) mass is 396 g/mol. The minimum Gasteiger partial charge on any atom is -0.343 e. The van der Waals surface area contributed by atoms with E-state index >= 15 is 0 Å². The fraction of sp³-hybridized carbons (Fsp3) is 0.130. The predicted molar refractivity (Wildman–Crippen MR) is 116 cm³/mol. The molecule has 0 aliphatic rings. The highest BCUT2D eigenvalue weighted by Gasteiger charge is 2.17. The Morgan fingerprint density at radius 3 is 2.57 bits per heavy atom. The Bertz CT molecular complexity index is 1350. The summed E-state index contributed by atoms with van der Waals surface area (Å²) in [4.78, 5) is 24.4. The summed E-state index contributed by atoms with van der Waals surface area (Å²) in [5.41, 5.74) is 6.40. The number of H-pyrrole nitrogens is 2. The van der Waals surface area contributed by atoms with Gasteiger partial charge in [0.1, 0.15) is 5.69 Å². The van der Waals surface area contributed by atoms with Crippen LogP contribution in [-0.2, 0) is 0 Å². The fourth-order valence-electron chi connectivity index (χ4n) is 3.56. The molecule has 7 nitrogen and oxygen atoms in total. The van der Waals surface area contributed by atoms with Crippen LogP contribution in [0.1, 0.15) is 34.7 Å². The number of benzene rings is 2. The number of imidazole rings is 1. The van der Waals surface area contributed by atoms with E-state index in [2.05, 4.69) is 30.5 Å². The number of aromatic nitrogens is 5. The minimum absolute atomic E-state index is 0.122. The molecule has 3 N–H and O–H groups in total. The molecule has 5 rings (SSSR count). The number of hydrogen-bond donors (Lipinski definition) is 3. The molecule has 1 atom stereocenters. The number of rotatable bonds is 4. The van der Waals surface area contributed by atoms with Crippen molar-refractivity contribution >= 4 is 27.8 Å². The van der Waals surface area contributed by atoms with Crippen molar-refractivity contribution in [1.82, 2.24) is 30.5 Å². The van der Waals surface area contributed by atoms with E-state index in [1.165, 1.54) is 5.56 Å². The summed E-state index contributed by atoms with van der Waals surface area (Å²) in [5.74, 6) is 0.0467. The normalized spacial score (nSPS) is 12.3. The Morgan fingerprint density at radius 2 is 1.80 bits per heavy atom. The van der Waals surface area contributed by atoms with Gasteiger partial charge in [-0.25, -0.2) is 4.98 Å². The summed E-state index contributed by atoms with van der Waals surface area (Å²) in [6.07, 6.45) is 3.47. The molecule has 0 spiro atoms. The van der Waals surface area contributed by atoms with Crippen LogP contribution in [0.25, 0.3) is 33.2 Å². The Hall–Kier alpha value is -4.00. The van der Waals surface area contributed by atoms with Gasteiger partial charge >= 0.3 is 0 Å². The molecule has 148 valence electrons. The maximum atomic E-state index is 12.8. The van der Waals surface area contributed by atoms with Crippen LogP contribution in [0.15, 0.2) is 60.9 Å². The summed E-state index contributed by atoms with van der Waals surface area (Å²) in [5, 5.41) is 11.4. The molecule has 5 aromatic rings. The number of aryl methyl sites for hydroxylation is 1. The summed E-state index contributed by atoms with van der Waals surface area (Å²) >= 11 is 0. The van der Waals surface area contributed by atoms with Crippen molar-refractivity contribution in [3.05, 3.63) is 77.9 Å². The van der Waals surface area contributed by atoms with Crippen molar-refractivity contribution < 1.29 is 4.79 Å². The van der Waals surface area contributed by atoms with E-state index in [9.17, 15) is 4.79 Å². The van der Waals surface area contributed by atoms with E-state index in [1.807, 2.05) is 62.4 Å². The van der Waals surface area contributed by atoms with E-state index in [-0.39, 0.29) is 17.8 Å². The summed E-state index contributed by atoms with van der Waals surface area (Å²) in [7, 11) is 0. The molecule has 0 radical (unpaired) electrons. The number of amides is 1. The van der Waals surface area contributed by atoms with Gasteiger partial charge in [-0.2, -0.15) is 5.10 Å². The van der Waals surface area contributed by atoms with Gasteiger partial charge in [0.15, 0.2) is 5.82 Å². The maximum absolute atomic E-state index is 12.8. The number of aromatic amines is 2. The van der Waals surface area contributed by atoms with Gasteiger partial charge in [0, 0.05) is 23.3 Å². The third-order valence-corrected chi connectivity index (χ3v) is 5.26. The van der Waals surface area contributed by atoms with Crippen molar-refractivity contribution in [1.29, 1.82) is 0 Å². The van der Waals surface area contributed by atoms with E-state index < -0.39 is 0 Å². The highest BCUT2D eigenvalue weighted by atomic mass is 16.2. The lowest BCUT2D eigenvalue weighted by molar-refractivity contribution is 0.0930. The second-order valence-corrected chi connectivity index (χ2v) is 7.41. The van der Waals surface area contributed by atoms with Crippen LogP contribution in [0.2, 0.25) is 0 Å². The van der Waals surface area contributed by atoms with E-state index in [1.54, 1.807) is 12.4 Å². The number of nitrogens with one attached hydrogen (secondary N) is 3. The van der Waals surface area contributed by atoms with Crippen molar-refractivity contribution in [3.8, 4) is 11.3 Å². The molecule has 0 aliphatic carbocycles.